The average Bonchev–Trinajstić information content (AvgIpc) is 3.02. The van der Waals surface area contributed by atoms with Gasteiger partial charge in [-0.3, -0.25) is 28.9 Å². The second-order valence-corrected chi connectivity index (χ2v) is 18.8. The van der Waals surface area contributed by atoms with E-state index >= 15 is 0 Å². The summed E-state index contributed by atoms with van der Waals surface area (Å²) in [6.45, 7) is 21.0. The number of piperidine rings is 2. The molecular formula is C42H76N2O10. The lowest BCUT2D eigenvalue weighted by atomic mass is 9.48. The SMILES string of the molecule is CCCCCCCCON1C(C)(C)CC(C(C(=O)O)(C2CC(C)(C)N(OCCCCCCCC)C(C)(C)C2)C(C(=O)O)C(CC(=O)O)C(=O)O)CC1(C)C. The second kappa shape index (κ2) is 20.2. The molecule has 54 heavy (non-hydrogen) atoms. The fourth-order valence-corrected chi connectivity index (χ4v) is 10.5. The molecule has 2 aliphatic rings. The van der Waals surface area contributed by atoms with Crippen LogP contribution in [0.5, 0.6) is 0 Å². The second-order valence-electron chi connectivity index (χ2n) is 18.8. The van der Waals surface area contributed by atoms with Crippen LogP contribution in [0.15, 0.2) is 0 Å². The molecule has 2 heterocycles. The van der Waals surface area contributed by atoms with Crippen LogP contribution in [0.2, 0.25) is 0 Å². The molecule has 0 aromatic carbocycles. The van der Waals surface area contributed by atoms with E-state index in [1.807, 2.05) is 65.5 Å². The van der Waals surface area contributed by atoms with Crippen LogP contribution < -0.4 is 0 Å². The van der Waals surface area contributed by atoms with E-state index in [1.165, 1.54) is 38.5 Å². The Morgan fingerprint density at radius 2 is 0.907 bits per heavy atom. The van der Waals surface area contributed by atoms with Crippen molar-refractivity contribution in [3.63, 3.8) is 0 Å². The summed E-state index contributed by atoms with van der Waals surface area (Å²) < 4.78 is 0. The molecule has 0 aromatic heterocycles. The third-order valence-corrected chi connectivity index (χ3v) is 12.2. The molecule has 0 radical (unpaired) electrons. The van der Waals surface area contributed by atoms with Crippen LogP contribution >= 0.6 is 0 Å². The molecule has 2 fully saturated rings. The lowest BCUT2D eigenvalue weighted by molar-refractivity contribution is -0.310. The molecule has 2 aliphatic heterocycles. The van der Waals surface area contributed by atoms with Crippen molar-refractivity contribution >= 4 is 23.9 Å². The van der Waals surface area contributed by atoms with E-state index in [4.69, 9.17) is 9.68 Å². The quantitative estimate of drug-likeness (QED) is 0.0650. The third kappa shape index (κ3) is 11.9. The Bertz CT molecular complexity index is 1140. The molecule has 2 rings (SSSR count). The molecule has 12 heteroatoms. The molecule has 4 N–H and O–H groups in total. The number of hydrogen-bond acceptors (Lipinski definition) is 8. The number of unbranched alkanes of at least 4 members (excludes halogenated alkanes) is 10. The molecule has 0 aliphatic carbocycles. The predicted molar refractivity (Wildman–Crippen MR) is 209 cm³/mol. The first-order valence-electron chi connectivity index (χ1n) is 20.8. The summed E-state index contributed by atoms with van der Waals surface area (Å²) in [5.74, 6) is -11.8. The van der Waals surface area contributed by atoms with Gasteiger partial charge in [-0.25, -0.2) is 0 Å². The number of hydrogen-bond donors (Lipinski definition) is 4. The van der Waals surface area contributed by atoms with Crippen molar-refractivity contribution in [2.45, 2.75) is 201 Å². The molecule has 2 unspecified atom stereocenters. The Labute approximate surface area is 325 Å². The normalized spacial score (nSPS) is 21.7. The molecule has 0 aromatic rings. The van der Waals surface area contributed by atoms with Crippen molar-refractivity contribution in [2.75, 3.05) is 13.2 Å². The minimum Gasteiger partial charge on any atom is -0.481 e. The van der Waals surface area contributed by atoms with Gasteiger partial charge in [0.2, 0.25) is 0 Å². The van der Waals surface area contributed by atoms with Crippen molar-refractivity contribution in [1.29, 1.82) is 0 Å². The number of aliphatic carboxylic acids is 4. The Morgan fingerprint density at radius 3 is 1.19 bits per heavy atom. The van der Waals surface area contributed by atoms with Gasteiger partial charge < -0.3 is 20.4 Å². The summed E-state index contributed by atoms with van der Waals surface area (Å²) in [6, 6.07) is 0. The van der Waals surface area contributed by atoms with E-state index in [1.54, 1.807) is 0 Å². The highest BCUT2D eigenvalue weighted by molar-refractivity contribution is 5.90. The summed E-state index contributed by atoms with van der Waals surface area (Å²) >= 11 is 0. The van der Waals surface area contributed by atoms with Crippen molar-refractivity contribution in [3.05, 3.63) is 0 Å². The minimum absolute atomic E-state index is 0.206. The lowest BCUT2D eigenvalue weighted by Gasteiger charge is -2.62. The van der Waals surface area contributed by atoms with E-state index in [2.05, 4.69) is 13.8 Å². The molecule has 314 valence electrons. The smallest absolute Gasteiger partial charge is 0.311 e. The van der Waals surface area contributed by atoms with Crippen LogP contribution in [0.3, 0.4) is 0 Å². The number of hydroxylamine groups is 4. The molecule has 0 spiro atoms. The van der Waals surface area contributed by atoms with Crippen LogP contribution in [-0.4, -0.2) is 89.8 Å². The Kier molecular flexibility index (Phi) is 17.9. The van der Waals surface area contributed by atoms with Gasteiger partial charge in [0.15, 0.2) is 0 Å². The van der Waals surface area contributed by atoms with Gasteiger partial charge in [0.25, 0.3) is 0 Å². The van der Waals surface area contributed by atoms with Crippen molar-refractivity contribution < 1.29 is 49.3 Å². The standard InChI is InChI=1S/C42H76N2O10/c1-11-13-15-17-19-21-23-53-43-38(3,4)26-30(27-39(43,5)6)42(37(51)52,34(36(49)50)32(35(47)48)25-33(45)46)31-28-40(7,8)44(41(9,10)29-31)54-24-22-20-18-16-14-12-2/h30-32,34H,11-29H2,1-10H3,(H,45,46)(H,47,48)(H,49,50)(H,51,52). The van der Waals surface area contributed by atoms with Crippen molar-refractivity contribution in [1.82, 2.24) is 10.1 Å². The average molecular weight is 769 g/mol. The zero-order chi connectivity index (χ0) is 41.1. The van der Waals surface area contributed by atoms with Gasteiger partial charge in [0.1, 0.15) is 0 Å². The third-order valence-electron chi connectivity index (χ3n) is 12.2. The Morgan fingerprint density at radius 1 is 0.574 bits per heavy atom. The Balaban J connectivity index is 2.66. The number of nitrogens with zero attached hydrogens (tertiary/aromatic N) is 2. The van der Waals surface area contributed by atoms with Gasteiger partial charge in [0, 0.05) is 22.2 Å². The molecule has 0 amide bonds. The summed E-state index contributed by atoms with van der Waals surface area (Å²) in [7, 11) is 0. The topological polar surface area (TPSA) is 174 Å². The largest absolute Gasteiger partial charge is 0.481 e. The molecule has 2 saturated heterocycles. The van der Waals surface area contributed by atoms with E-state index in [9.17, 15) is 39.6 Å². The number of carbonyl (C=O) groups is 4. The number of rotatable bonds is 25. The van der Waals surface area contributed by atoms with Crippen molar-refractivity contribution in [3.8, 4) is 0 Å². The monoisotopic (exact) mass is 769 g/mol. The number of carboxylic acid groups (broad SMARTS) is 4. The van der Waals surface area contributed by atoms with E-state index < -0.39 is 81.5 Å². The summed E-state index contributed by atoms with van der Waals surface area (Å²) in [4.78, 5) is 65.9. The van der Waals surface area contributed by atoms with E-state index in [-0.39, 0.29) is 25.7 Å². The summed E-state index contributed by atoms with van der Waals surface area (Å²) in [6.07, 6.45) is 13.0. The molecule has 0 bridgehead atoms. The molecule has 12 nitrogen and oxygen atoms in total. The molecule has 2 atom stereocenters. The van der Waals surface area contributed by atoms with E-state index in [0.717, 1.165) is 38.5 Å². The fourth-order valence-electron chi connectivity index (χ4n) is 10.5. The minimum atomic E-state index is -2.15. The van der Waals surface area contributed by atoms with Crippen LogP contribution in [0.1, 0.15) is 178 Å². The van der Waals surface area contributed by atoms with Crippen LogP contribution in [0.25, 0.3) is 0 Å². The van der Waals surface area contributed by atoms with Gasteiger partial charge in [-0.2, -0.15) is 10.1 Å². The molecular weight excluding hydrogens is 692 g/mol. The fraction of sp³-hybridized carbons (Fsp3) is 0.905. The zero-order valence-corrected chi connectivity index (χ0v) is 35.4. The first-order valence-corrected chi connectivity index (χ1v) is 20.8. The molecule has 0 saturated carbocycles. The number of carboxylic acids is 4. The highest BCUT2D eigenvalue weighted by Crippen LogP contribution is 2.61. The highest BCUT2D eigenvalue weighted by Gasteiger charge is 2.68. The van der Waals surface area contributed by atoms with Gasteiger partial charge in [-0.1, -0.05) is 78.1 Å². The van der Waals surface area contributed by atoms with Gasteiger partial charge in [-0.15, -0.1) is 0 Å². The first-order chi connectivity index (χ1) is 25.0. The van der Waals surface area contributed by atoms with E-state index in [0.29, 0.717) is 13.2 Å². The van der Waals surface area contributed by atoms with Crippen LogP contribution in [-0.2, 0) is 28.9 Å². The zero-order valence-electron chi connectivity index (χ0n) is 35.4. The van der Waals surface area contributed by atoms with Crippen LogP contribution in [0, 0.1) is 29.1 Å². The van der Waals surface area contributed by atoms with Gasteiger partial charge in [-0.05, 0) is 106 Å². The van der Waals surface area contributed by atoms with Gasteiger partial charge in [0.05, 0.1) is 36.9 Å². The summed E-state index contributed by atoms with van der Waals surface area (Å²) in [5.41, 5.74) is -5.22. The Hall–Kier alpha value is -2.28. The van der Waals surface area contributed by atoms with Gasteiger partial charge >= 0.3 is 23.9 Å². The predicted octanol–water partition coefficient (Wildman–Crippen LogP) is 9.06. The summed E-state index contributed by atoms with van der Waals surface area (Å²) in [5, 5.41) is 46.9. The first kappa shape index (κ1) is 47.9. The maximum absolute atomic E-state index is 14.3. The van der Waals surface area contributed by atoms with Crippen molar-refractivity contribution in [2.24, 2.45) is 29.1 Å². The lowest BCUT2D eigenvalue weighted by Crippen LogP contribution is -2.69. The van der Waals surface area contributed by atoms with Crippen LogP contribution in [0.4, 0.5) is 0 Å². The maximum Gasteiger partial charge on any atom is 0.311 e. The highest BCUT2D eigenvalue weighted by atomic mass is 16.7. The maximum atomic E-state index is 14.3.